The van der Waals surface area contributed by atoms with Crippen LogP contribution in [0.5, 0.6) is 11.5 Å². The molecule has 5 nitrogen and oxygen atoms in total. The van der Waals surface area contributed by atoms with Crippen molar-refractivity contribution in [3.8, 4) is 11.5 Å². The molecule has 1 saturated heterocycles. The van der Waals surface area contributed by atoms with Crippen LogP contribution in [-0.2, 0) is 6.54 Å². The fourth-order valence-electron chi connectivity index (χ4n) is 4.43. The van der Waals surface area contributed by atoms with Gasteiger partial charge in [-0.05, 0) is 29.1 Å². The minimum absolute atomic E-state index is 0. The number of fused-ring (bicyclic) bond motifs is 1. The molecule has 0 saturated carbocycles. The number of nitrogens with zero attached hydrogens (tertiary/aromatic N) is 3. The van der Waals surface area contributed by atoms with Crippen molar-refractivity contribution in [2.75, 3.05) is 33.0 Å². The maximum absolute atomic E-state index is 5.51. The van der Waals surface area contributed by atoms with Gasteiger partial charge in [-0.2, -0.15) is 0 Å². The molecule has 148 valence electrons. The van der Waals surface area contributed by atoms with E-state index in [4.69, 9.17) is 14.5 Å². The van der Waals surface area contributed by atoms with Gasteiger partial charge in [0, 0.05) is 43.7 Å². The average Bonchev–Trinajstić information content (AvgIpc) is 3.35. The van der Waals surface area contributed by atoms with Crippen molar-refractivity contribution in [2.24, 2.45) is 4.99 Å². The number of benzene rings is 3. The van der Waals surface area contributed by atoms with Crippen LogP contribution < -0.4 is 9.47 Å². The molecule has 29 heavy (non-hydrogen) atoms. The van der Waals surface area contributed by atoms with Crippen molar-refractivity contribution in [1.29, 1.82) is 0 Å². The lowest BCUT2D eigenvalue weighted by molar-refractivity contribution is 0.172. The molecule has 3 aliphatic heterocycles. The molecule has 1 fully saturated rings. The van der Waals surface area contributed by atoms with E-state index in [1.54, 1.807) is 0 Å². The molecule has 3 aromatic rings. The Morgan fingerprint density at radius 1 is 0.862 bits per heavy atom. The summed E-state index contributed by atoms with van der Waals surface area (Å²) < 4.78 is 10.9. The Morgan fingerprint density at radius 2 is 1.66 bits per heavy atom. The minimum atomic E-state index is 0. The van der Waals surface area contributed by atoms with E-state index in [1.165, 1.54) is 21.9 Å². The molecule has 0 radical (unpaired) electrons. The highest BCUT2D eigenvalue weighted by Gasteiger charge is 2.26. The second kappa shape index (κ2) is 7.25. The molecule has 3 aromatic carbocycles. The zero-order valence-electron chi connectivity index (χ0n) is 16.0. The van der Waals surface area contributed by atoms with Gasteiger partial charge in [0.1, 0.15) is 5.84 Å². The molecule has 6 heteroatoms. The summed E-state index contributed by atoms with van der Waals surface area (Å²) in [5.41, 5.74) is 3.65. The standard InChI is InChI=1S/C23H21N3O2.ClH/c1-3-17-4-2-6-19-22(17)18(5-1)23(24-19)26-11-9-25(10-12-26)14-16-7-8-20-21(13-16)28-15-27-20;/h1-8,13H,9-12,14-15H2;1H. The SMILES string of the molecule is Cl.c1cc2c3c(cccc3c1)C(N1CCN(Cc3ccc4c(c3)OCO4)CC1)=N2. The van der Waals surface area contributed by atoms with Gasteiger partial charge in [0.2, 0.25) is 6.79 Å². The molecule has 0 unspecified atom stereocenters. The molecule has 6 rings (SSSR count). The third-order valence-electron chi connectivity index (χ3n) is 5.86. The normalized spacial score (nSPS) is 17.4. The number of hydrogen-bond donors (Lipinski definition) is 0. The van der Waals surface area contributed by atoms with Gasteiger partial charge in [0.15, 0.2) is 11.5 Å². The van der Waals surface area contributed by atoms with Crippen molar-refractivity contribution < 1.29 is 9.47 Å². The number of piperazine rings is 1. The van der Waals surface area contributed by atoms with Crippen LogP contribution in [0.25, 0.3) is 10.8 Å². The van der Waals surface area contributed by atoms with Gasteiger partial charge in [-0.15, -0.1) is 12.4 Å². The summed E-state index contributed by atoms with van der Waals surface area (Å²) in [6.45, 7) is 5.31. The second-order valence-electron chi connectivity index (χ2n) is 7.57. The van der Waals surface area contributed by atoms with Crippen molar-refractivity contribution in [3.63, 3.8) is 0 Å². The van der Waals surface area contributed by atoms with Crippen LogP contribution in [0.2, 0.25) is 0 Å². The van der Waals surface area contributed by atoms with Crippen LogP contribution in [0.15, 0.2) is 59.6 Å². The number of rotatable bonds is 2. The Morgan fingerprint density at radius 3 is 2.52 bits per heavy atom. The summed E-state index contributed by atoms with van der Waals surface area (Å²) in [4.78, 5) is 9.89. The molecule has 3 aliphatic rings. The third-order valence-corrected chi connectivity index (χ3v) is 5.86. The highest BCUT2D eigenvalue weighted by atomic mass is 35.5. The first-order chi connectivity index (χ1) is 13.8. The van der Waals surface area contributed by atoms with Crippen LogP contribution in [0.4, 0.5) is 5.69 Å². The first-order valence-electron chi connectivity index (χ1n) is 9.82. The largest absolute Gasteiger partial charge is 0.454 e. The van der Waals surface area contributed by atoms with Crippen LogP contribution in [0.3, 0.4) is 0 Å². The Labute approximate surface area is 176 Å². The Bertz CT molecular complexity index is 1100. The monoisotopic (exact) mass is 407 g/mol. The van der Waals surface area contributed by atoms with Crippen molar-refractivity contribution in [2.45, 2.75) is 6.54 Å². The van der Waals surface area contributed by atoms with Gasteiger partial charge in [-0.25, -0.2) is 4.99 Å². The fraction of sp³-hybridized carbons (Fsp3) is 0.261. The number of ether oxygens (including phenoxy) is 2. The molecule has 0 atom stereocenters. The summed E-state index contributed by atoms with van der Waals surface area (Å²) in [6.07, 6.45) is 0. The first-order valence-corrected chi connectivity index (χ1v) is 9.82. The lowest BCUT2D eigenvalue weighted by atomic mass is 10.0. The predicted octanol–water partition coefficient (Wildman–Crippen LogP) is 4.20. The predicted molar refractivity (Wildman–Crippen MR) is 117 cm³/mol. The zero-order chi connectivity index (χ0) is 18.5. The molecular weight excluding hydrogens is 386 g/mol. The maximum Gasteiger partial charge on any atom is 0.231 e. The maximum atomic E-state index is 5.51. The summed E-state index contributed by atoms with van der Waals surface area (Å²) in [7, 11) is 0. The lowest BCUT2D eigenvalue weighted by Crippen LogP contribution is -2.48. The Hall–Kier alpha value is -2.76. The molecule has 3 heterocycles. The molecule has 0 N–H and O–H groups in total. The highest BCUT2D eigenvalue weighted by molar-refractivity contribution is 6.18. The molecule has 0 bridgehead atoms. The quantitative estimate of drug-likeness (QED) is 0.638. The number of hydrogen-bond acceptors (Lipinski definition) is 5. The lowest BCUT2D eigenvalue weighted by Gasteiger charge is -2.36. The molecule has 0 aromatic heterocycles. The highest BCUT2D eigenvalue weighted by Crippen LogP contribution is 2.36. The van der Waals surface area contributed by atoms with Crippen molar-refractivity contribution in [1.82, 2.24) is 9.80 Å². The van der Waals surface area contributed by atoms with Crippen LogP contribution in [0.1, 0.15) is 11.1 Å². The smallest absolute Gasteiger partial charge is 0.231 e. The number of halogens is 1. The summed E-state index contributed by atoms with van der Waals surface area (Å²) in [5, 5.41) is 2.57. The number of aliphatic imine (C=N–C) groups is 1. The van der Waals surface area contributed by atoms with E-state index in [9.17, 15) is 0 Å². The summed E-state index contributed by atoms with van der Waals surface area (Å²) in [6, 6.07) is 19.2. The molecular formula is C23H22ClN3O2. The average molecular weight is 408 g/mol. The van der Waals surface area contributed by atoms with Gasteiger partial charge in [0.05, 0.1) is 5.69 Å². The summed E-state index contributed by atoms with van der Waals surface area (Å²) in [5.74, 6) is 2.85. The van der Waals surface area contributed by atoms with Gasteiger partial charge >= 0.3 is 0 Å². The van der Waals surface area contributed by atoms with Gasteiger partial charge < -0.3 is 14.4 Å². The van der Waals surface area contributed by atoms with Crippen LogP contribution >= 0.6 is 12.4 Å². The Balaban J connectivity index is 0.00000181. The molecule has 0 spiro atoms. The van der Waals surface area contributed by atoms with Gasteiger partial charge in [-0.3, -0.25) is 4.90 Å². The zero-order valence-corrected chi connectivity index (χ0v) is 16.8. The van der Waals surface area contributed by atoms with Crippen LogP contribution in [0, 0.1) is 0 Å². The first kappa shape index (κ1) is 18.3. The Kier molecular flexibility index (Phi) is 4.57. The van der Waals surface area contributed by atoms with E-state index in [0.29, 0.717) is 6.79 Å². The van der Waals surface area contributed by atoms with Gasteiger partial charge in [-0.1, -0.05) is 36.4 Å². The van der Waals surface area contributed by atoms with E-state index < -0.39 is 0 Å². The second-order valence-corrected chi connectivity index (χ2v) is 7.57. The van der Waals surface area contributed by atoms with Crippen molar-refractivity contribution in [3.05, 3.63) is 65.7 Å². The van der Waals surface area contributed by atoms with Crippen LogP contribution in [-0.4, -0.2) is 48.6 Å². The summed E-state index contributed by atoms with van der Waals surface area (Å²) >= 11 is 0. The van der Waals surface area contributed by atoms with Crippen molar-refractivity contribution >= 4 is 34.7 Å². The molecule has 0 amide bonds. The van der Waals surface area contributed by atoms with Gasteiger partial charge in [0.25, 0.3) is 0 Å². The molecule has 0 aliphatic carbocycles. The van der Waals surface area contributed by atoms with E-state index in [2.05, 4.69) is 58.3 Å². The van der Waals surface area contributed by atoms with E-state index >= 15 is 0 Å². The fourth-order valence-corrected chi connectivity index (χ4v) is 4.43. The van der Waals surface area contributed by atoms with E-state index in [-0.39, 0.29) is 12.4 Å². The minimum Gasteiger partial charge on any atom is -0.454 e. The van der Waals surface area contributed by atoms with E-state index in [1.807, 2.05) is 6.07 Å². The van der Waals surface area contributed by atoms with E-state index in [0.717, 1.165) is 55.7 Å². The topological polar surface area (TPSA) is 37.3 Å². The third kappa shape index (κ3) is 3.11. The number of amidine groups is 1.